The Morgan fingerprint density at radius 3 is 1.79 bits per heavy atom. The first kappa shape index (κ1) is 28.2. The first-order valence-corrected chi connectivity index (χ1v) is 12.8. The van der Waals surface area contributed by atoms with Gasteiger partial charge in [-0.2, -0.15) is 0 Å². The number of unbranched alkanes of at least 4 members (excludes halogenated alkanes) is 14. The summed E-state index contributed by atoms with van der Waals surface area (Å²) in [6.45, 7) is 6.55. The molecule has 0 aromatic rings. The van der Waals surface area contributed by atoms with Gasteiger partial charge in [-0.05, 0) is 38.5 Å². The number of ether oxygens (including phenoxy) is 1. The number of allylic oxidation sites excluding steroid dienone is 2. The summed E-state index contributed by atoms with van der Waals surface area (Å²) in [7, 11) is 0. The summed E-state index contributed by atoms with van der Waals surface area (Å²) in [6.07, 6.45) is 27.4. The highest BCUT2D eigenvalue weighted by Gasteiger charge is 1.99. The minimum Gasteiger partial charge on any atom is -0.380 e. The van der Waals surface area contributed by atoms with Gasteiger partial charge in [0, 0.05) is 19.6 Å². The minimum absolute atomic E-state index is 0.166. The Hall–Kier alpha value is -0.830. The van der Waals surface area contributed by atoms with Gasteiger partial charge in [-0.3, -0.25) is 4.79 Å². The molecule has 0 aromatic carbocycles. The largest absolute Gasteiger partial charge is 0.380 e. The van der Waals surface area contributed by atoms with Crippen LogP contribution in [0.25, 0.3) is 0 Å². The Morgan fingerprint density at radius 1 is 0.655 bits per heavy atom. The van der Waals surface area contributed by atoms with Crippen molar-refractivity contribution in [3.05, 3.63) is 12.2 Å². The number of carbonyl (C=O) groups is 1. The molecule has 0 saturated heterocycles. The van der Waals surface area contributed by atoms with Crippen LogP contribution in [0.2, 0.25) is 0 Å². The van der Waals surface area contributed by atoms with Crippen LogP contribution < -0.4 is 5.32 Å². The predicted molar refractivity (Wildman–Crippen MR) is 127 cm³/mol. The highest BCUT2D eigenvalue weighted by Crippen LogP contribution is 2.10. The predicted octanol–water partition coefficient (Wildman–Crippen LogP) is 7.74. The number of hydrogen-bond acceptors (Lipinski definition) is 2. The van der Waals surface area contributed by atoms with Gasteiger partial charge >= 0.3 is 0 Å². The molecule has 0 fully saturated rings. The van der Waals surface area contributed by atoms with E-state index < -0.39 is 0 Å². The smallest absolute Gasteiger partial charge is 0.220 e. The molecule has 0 aliphatic carbocycles. The van der Waals surface area contributed by atoms with Crippen molar-refractivity contribution in [1.29, 1.82) is 0 Å². The Labute approximate surface area is 182 Å². The fourth-order valence-electron chi connectivity index (χ4n) is 3.44. The van der Waals surface area contributed by atoms with Crippen molar-refractivity contribution >= 4 is 5.91 Å². The zero-order valence-corrected chi connectivity index (χ0v) is 19.8. The van der Waals surface area contributed by atoms with Gasteiger partial charge in [-0.25, -0.2) is 0 Å². The molecule has 0 radical (unpaired) electrons. The van der Waals surface area contributed by atoms with E-state index in [0.717, 1.165) is 32.3 Å². The Morgan fingerprint density at radius 2 is 1.17 bits per heavy atom. The number of amides is 1. The highest BCUT2D eigenvalue weighted by atomic mass is 16.5. The van der Waals surface area contributed by atoms with E-state index in [2.05, 4.69) is 31.3 Å². The monoisotopic (exact) mass is 409 g/mol. The third-order valence-corrected chi connectivity index (χ3v) is 5.38. The molecule has 3 heteroatoms. The molecule has 0 heterocycles. The summed E-state index contributed by atoms with van der Waals surface area (Å²) in [6, 6.07) is 0. The van der Waals surface area contributed by atoms with Gasteiger partial charge < -0.3 is 10.1 Å². The molecule has 0 unspecified atom stereocenters. The van der Waals surface area contributed by atoms with Crippen LogP contribution in [0.5, 0.6) is 0 Å². The lowest BCUT2D eigenvalue weighted by Crippen LogP contribution is -2.27. The molecule has 0 aliphatic rings. The number of nitrogens with one attached hydrogen (secondary N) is 1. The van der Waals surface area contributed by atoms with Crippen LogP contribution in [-0.2, 0) is 9.53 Å². The number of carbonyl (C=O) groups excluding carboxylic acids is 1. The van der Waals surface area contributed by atoms with Gasteiger partial charge in [-0.1, -0.05) is 96.6 Å². The molecule has 0 aliphatic heterocycles. The Balaban J connectivity index is 3.13. The van der Waals surface area contributed by atoms with Crippen molar-refractivity contribution in [2.24, 2.45) is 0 Å². The molecule has 0 atom stereocenters. The van der Waals surface area contributed by atoms with Crippen LogP contribution in [0.1, 0.15) is 129 Å². The lowest BCUT2D eigenvalue weighted by atomic mass is 10.1. The molecule has 3 nitrogen and oxygen atoms in total. The summed E-state index contributed by atoms with van der Waals surface area (Å²) >= 11 is 0. The maximum atomic E-state index is 11.5. The second-order valence-corrected chi connectivity index (χ2v) is 8.36. The summed E-state index contributed by atoms with van der Waals surface area (Å²) in [5, 5.41) is 2.93. The van der Waals surface area contributed by atoms with Crippen molar-refractivity contribution in [3.63, 3.8) is 0 Å². The van der Waals surface area contributed by atoms with Crippen molar-refractivity contribution in [2.45, 2.75) is 129 Å². The SMILES string of the molecule is CCCCCCCC/C=C\CCCCCCCCOCCNC(=O)CCCCC. The fourth-order valence-corrected chi connectivity index (χ4v) is 3.44. The molecule has 0 bridgehead atoms. The van der Waals surface area contributed by atoms with Crippen LogP contribution in [0.4, 0.5) is 0 Å². The molecule has 0 saturated carbocycles. The lowest BCUT2D eigenvalue weighted by molar-refractivity contribution is -0.121. The zero-order chi connectivity index (χ0) is 21.3. The van der Waals surface area contributed by atoms with E-state index in [0.29, 0.717) is 19.6 Å². The van der Waals surface area contributed by atoms with Crippen molar-refractivity contribution < 1.29 is 9.53 Å². The molecular weight excluding hydrogens is 358 g/mol. The first-order valence-electron chi connectivity index (χ1n) is 12.8. The summed E-state index contributed by atoms with van der Waals surface area (Å²) in [5.74, 6) is 0.166. The van der Waals surface area contributed by atoms with Gasteiger partial charge in [-0.15, -0.1) is 0 Å². The zero-order valence-electron chi connectivity index (χ0n) is 19.8. The molecule has 0 aromatic heterocycles. The Kier molecular flexibility index (Phi) is 24.5. The van der Waals surface area contributed by atoms with E-state index in [4.69, 9.17) is 4.74 Å². The molecule has 1 N–H and O–H groups in total. The van der Waals surface area contributed by atoms with Crippen molar-refractivity contribution in [1.82, 2.24) is 5.32 Å². The van der Waals surface area contributed by atoms with Crippen LogP contribution in [0, 0.1) is 0 Å². The quantitative estimate of drug-likeness (QED) is 0.138. The lowest BCUT2D eigenvalue weighted by Gasteiger charge is -2.06. The van der Waals surface area contributed by atoms with Crippen LogP contribution in [0.3, 0.4) is 0 Å². The van der Waals surface area contributed by atoms with E-state index >= 15 is 0 Å². The minimum atomic E-state index is 0.166. The average molecular weight is 410 g/mol. The van der Waals surface area contributed by atoms with Crippen molar-refractivity contribution in [2.75, 3.05) is 19.8 Å². The highest BCUT2D eigenvalue weighted by molar-refractivity contribution is 5.75. The molecular formula is C26H51NO2. The maximum Gasteiger partial charge on any atom is 0.220 e. The molecule has 1 amide bonds. The van der Waals surface area contributed by atoms with E-state index in [-0.39, 0.29) is 5.91 Å². The second-order valence-electron chi connectivity index (χ2n) is 8.36. The Bertz CT molecular complexity index is 355. The topological polar surface area (TPSA) is 38.3 Å². The molecule has 0 rings (SSSR count). The fraction of sp³-hybridized carbons (Fsp3) is 0.885. The van der Waals surface area contributed by atoms with Crippen LogP contribution >= 0.6 is 0 Å². The van der Waals surface area contributed by atoms with Crippen LogP contribution in [-0.4, -0.2) is 25.7 Å². The second kappa shape index (κ2) is 25.2. The molecule has 29 heavy (non-hydrogen) atoms. The van der Waals surface area contributed by atoms with Crippen LogP contribution in [0.15, 0.2) is 12.2 Å². The first-order chi connectivity index (χ1) is 14.3. The standard InChI is InChI=1S/C26H51NO2/c1-3-5-7-8-9-10-11-12-13-14-15-16-17-18-19-21-24-29-25-23-27-26(28)22-20-6-4-2/h12-13H,3-11,14-25H2,1-2H3,(H,27,28)/b13-12-. The normalized spacial score (nSPS) is 11.4. The van der Waals surface area contributed by atoms with E-state index in [1.165, 1.54) is 83.5 Å². The third kappa shape index (κ3) is 25.1. The number of hydrogen-bond donors (Lipinski definition) is 1. The van der Waals surface area contributed by atoms with E-state index in [1.54, 1.807) is 0 Å². The van der Waals surface area contributed by atoms with Gasteiger partial charge in [0.2, 0.25) is 5.91 Å². The van der Waals surface area contributed by atoms with Gasteiger partial charge in [0.15, 0.2) is 0 Å². The van der Waals surface area contributed by atoms with Gasteiger partial charge in [0.1, 0.15) is 0 Å². The average Bonchev–Trinajstić information content (AvgIpc) is 2.72. The van der Waals surface area contributed by atoms with Crippen molar-refractivity contribution in [3.8, 4) is 0 Å². The number of rotatable bonds is 23. The van der Waals surface area contributed by atoms with E-state index in [9.17, 15) is 4.79 Å². The molecule has 0 spiro atoms. The van der Waals surface area contributed by atoms with Gasteiger partial charge in [0.05, 0.1) is 6.61 Å². The maximum absolute atomic E-state index is 11.5. The summed E-state index contributed by atoms with van der Waals surface area (Å²) < 4.78 is 5.60. The van der Waals surface area contributed by atoms with E-state index in [1.807, 2.05) is 0 Å². The van der Waals surface area contributed by atoms with Gasteiger partial charge in [0.25, 0.3) is 0 Å². The summed E-state index contributed by atoms with van der Waals surface area (Å²) in [5.41, 5.74) is 0. The third-order valence-electron chi connectivity index (χ3n) is 5.38. The summed E-state index contributed by atoms with van der Waals surface area (Å²) in [4.78, 5) is 11.5. The molecule has 172 valence electrons.